The third-order valence-corrected chi connectivity index (χ3v) is 0.643. The number of esters is 2. The maximum atomic E-state index is 10.0. The van der Waals surface area contributed by atoms with Gasteiger partial charge in [0.2, 0.25) is 0 Å². The molecule has 0 aromatic carbocycles. The van der Waals surface area contributed by atoms with Crippen LogP contribution in [0.4, 0.5) is 0 Å². The summed E-state index contributed by atoms with van der Waals surface area (Å²) in [6.45, 7) is 0. The molecular formula is C4HO4-. The van der Waals surface area contributed by atoms with Crippen molar-refractivity contribution < 1.29 is 19.4 Å². The van der Waals surface area contributed by atoms with Gasteiger partial charge in [0.1, 0.15) is 0 Å². The fraction of sp³-hybridized carbons (Fsp3) is 0. The predicted molar refractivity (Wildman–Crippen MR) is 19.2 cm³/mol. The zero-order valence-electron chi connectivity index (χ0n) is 3.71. The summed E-state index contributed by atoms with van der Waals surface area (Å²) in [5, 5.41) is 10.0. The zero-order chi connectivity index (χ0) is 6.15. The van der Waals surface area contributed by atoms with E-state index in [1.165, 1.54) is 0 Å². The topological polar surface area (TPSA) is 66.4 Å². The molecule has 1 rings (SSSR count). The van der Waals surface area contributed by atoms with E-state index in [0.29, 0.717) is 6.08 Å². The summed E-state index contributed by atoms with van der Waals surface area (Å²) < 4.78 is 3.79. The Bertz CT molecular complexity index is 178. The summed E-state index contributed by atoms with van der Waals surface area (Å²) in [6, 6.07) is 0. The van der Waals surface area contributed by atoms with Crippen LogP contribution in [-0.4, -0.2) is 11.9 Å². The molecule has 0 spiro atoms. The molecule has 1 aliphatic heterocycles. The third kappa shape index (κ3) is 0.556. The first-order chi connectivity index (χ1) is 3.70. The van der Waals surface area contributed by atoms with Crippen LogP contribution in [0.15, 0.2) is 11.8 Å². The Morgan fingerprint density at radius 3 is 2.25 bits per heavy atom. The van der Waals surface area contributed by atoms with Crippen LogP contribution < -0.4 is 5.11 Å². The van der Waals surface area contributed by atoms with E-state index >= 15 is 0 Å². The van der Waals surface area contributed by atoms with Crippen molar-refractivity contribution in [3.8, 4) is 0 Å². The Morgan fingerprint density at radius 1 is 1.50 bits per heavy atom. The highest BCUT2D eigenvalue weighted by Crippen LogP contribution is 1.99. The average molecular weight is 113 g/mol. The molecule has 0 saturated carbocycles. The predicted octanol–water partition coefficient (Wildman–Crippen LogP) is -1.69. The highest BCUT2D eigenvalue weighted by atomic mass is 16.6. The minimum atomic E-state index is -1.09. The van der Waals surface area contributed by atoms with E-state index in [1.54, 1.807) is 0 Å². The number of carbonyl (C=O) groups excluding carboxylic acids is 2. The molecule has 1 aliphatic rings. The molecule has 0 aromatic heterocycles. The summed E-state index contributed by atoms with van der Waals surface area (Å²) in [5.41, 5.74) is 0. The summed E-state index contributed by atoms with van der Waals surface area (Å²) >= 11 is 0. The highest BCUT2D eigenvalue weighted by molar-refractivity contribution is 6.06. The number of carbonyl (C=O) groups is 2. The molecule has 0 bridgehead atoms. The lowest BCUT2D eigenvalue weighted by atomic mass is 10.5. The van der Waals surface area contributed by atoms with Crippen molar-refractivity contribution in [1.29, 1.82) is 0 Å². The van der Waals surface area contributed by atoms with Gasteiger partial charge in [-0.25, -0.2) is 9.59 Å². The summed E-state index contributed by atoms with van der Waals surface area (Å²) in [7, 11) is 0. The molecule has 0 fully saturated rings. The summed E-state index contributed by atoms with van der Waals surface area (Å²) in [5.74, 6) is -2.84. The maximum Gasteiger partial charge on any atom is 0.338 e. The molecule has 4 nitrogen and oxygen atoms in total. The average Bonchev–Trinajstić information content (AvgIpc) is 1.85. The Hall–Kier alpha value is -1.32. The van der Waals surface area contributed by atoms with Crippen molar-refractivity contribution in [1.82, 2.24) is 0 Å². The lowest BCUT2D eigenvalue weighted by Crippen LogP contribution is -2.11. The van der Waals surface area contributed by atoms with E-state index < -0.39 is 17.7 Å². The van der Waals surface area contributed by atoms with Crippen LogP contribution in [0.2, 0.25) is 0 Å². The molecule has 1 heterocycles. The van der Waals surface area contributed by atoms with Gasteiger partial charge in [0.25, 0.3) is 0 Å². The van der Waals surface area contributed by atoms with Gasteiger partial charge in [-0.1, -0.05) is 0 Å². The van der Waals surface area contributed by atoms with Crippen molar-refractivity contribution in [3.05, 3.63) is 11.8 Å². The van der Waals surface area contributed by atoms with Crippen LogP contribution >= 0.6 is 0 Å². The van der Waals surface area contributed by atoms with Gasteiger partial charge in [0.15, 0.2) is 0 Å². The SMILES string of the molecule is O=C1C=C([O-])C(=O)O1. The molecule has 8 heavy (non-hydrogen) atoms. The summed E-state index contributed by atoms with van der Waals surface area (Å²) in [4.78, 5) is 19.9. The highest BCUT2D eigenvalue weighted by Gasteiger charge is 2.14. The maximum absolute atomic E-state index is 10.0. The number of cyclic esters (lactones) is 2. The van der Waals surface area contributed by atoms with Crippen molar-refractivity contribution in [2.45, 2.75) is 0 Å². The lowest BCUT2D eigenvalue weighted by molar-refractivity contribution is -0.300. The van der Waals surface area contributed by atoms with Crippen LogP contribution in [0.5, 0.6) is 0 Å². The van der Waals surface area contributed by atoms with Crippen LogP contribution in [0.25, 0.3) is 0 Å². The van der Waals surface area contributed by atoms with Crippen LogP contribution in [-0.2, 0) is 14.3 Å². The quantitative estimate of drug-likeness (QED) is 0.278. The van der Waals surface area contributed by atoms with E-state index in [-0.39, 0.29) is 0 Å². The van der Waals surface area contributed by atoms with Gasteiger partial charge in [-0.15, -0.1) is 0 Å². The first-order valence-electron chi connectivity index (χ1n) is 1.85. The second kappa shape index (κ2) is 1.33. The van der Waals surface area contributed by atoms with Crippen LogP contribution in [0.3, 0.4) is 0 Å². The molecule has 0 atom stereocenters. The molecule has 0 unspecified atom stereocenters. The van der Waals surface area contributed by atoms with Gasteiger partial charge in [-0.3, -0.25) is 0 Å². The molecule has 0 saturated heterocycles. The van der Waals surface area contributed by atoms with E-state index in [9.17, 15) is 14.7 Å². The fourth-order valence-electron chi connectivity index (χ4n) is 0.337. The smallest absolute Gasteiger partial charge is 0.338 e. The number of hydrogen-bond donors (Lipinski definition) is 0. The fourth-order valence-corrected chi connectivity index (χ4v) is 0.337. The Labute approximate surface area is 44.4 Å². The van der Waals surface area contributed by atoms with Crippen molar-refractivity contribution in [3.63, 3.8) is 0 Å². The first kappa shape index (κ1) is 4.83. The van der Waals surface area contributed by atoms with Crippen molar-refractivity contribution in [2.24, 2.45) is 0 Å². The lowest BCUT2D eigenvalue weighted by Gasteiger charge is -1.95. The molecule has 0 radical (unpaired) electrons. The zero-order valence-corrected chi connectivity index (χ0v) is 3.71. The molecule has 0 N–H and O–H groups in total. The number of hydrogen-bond acceptors (Lipinski definition) is 4. The molecule has 42 valence electrons. The van der Waals surface area contributed by atoms with Gasteiger partial charge in [-0.05, 0) is 5.76 Å². The van der Waals surface area contributed by atoms with Gasteiger partial charge >= 0.3 is 11.9 Å². The van der Waals surface area contributed by atoms with Crippen LogP contribution in [0, 0.1) is 0 Å². The van der Waals surface area contributed by atoms with Gasteiger partial charge < -0.3 is 9.84 Å². The third-order valence-electron chi connectivity index (χ3n) is 0.643. The van der Waals surface area contributed by atoms with Crippen molar-refractivity contribution in [2.75, 3.05) is 0 Å². The Balaban J connectivity index is 2.88. The van der Waals surface area contributed by atoms with Gasteiger partial charge in [0.05, 0.1) is 0 Å². The molecular weight excluding hydrogens is 112 g/mol. The molecule has 0 aromatic rings. The first-order valence-corrected chi connectivity index (χ1v) is 1.85. The Morgan fingerprint density at radius 2 is 2.12 bits per heavy atom. The summed E-state index contributed by atoms with van der Waals surface area (Å²) in [6.07, 6.45) is 0.613. The normalized spacial score (nSPS) is 18.2. The molecule has 0 aliphatic carbocycles. The van der Waals surface area contributed by atoms with Gasteiger partial charge in [-0.2, -0.15) is 0 Å². The monoisotopic (exact) mass is 113 g/mol. The Kier molecular flexibility index (Phi) is 0.802. The van der Waals surface area contributed by atoms with E-state index in [2.05, 4.69) is 4.74 Å². The molecule has 0 amide bonds. The number of ether oxygens (including phenoxy) is 1. The minimum absolute atomic E-state index is 0.613. The van der Waals surface area contributed by atoms with Crippen molar-refractivity contribution >= 4 is 11.9 Å². The molecule has 4 heteroatoms. The minimum Gasteiger partial charge on any atom is -0.867 e. The number of rotatable bonds is 0. The van der Waals surface area contributed by atoms with E-state index in [1.807, 2.05) is 0 Å². The largest absolute Gasteiger partial charge is 0.867 e. The van der Waals surface area contributed by atoms with Gasteiger partial charge in [0, 0.05) is 6.08 Å². The van der Waals surface area contributed by atoms with E-state index in [4.69, 9.17) is 0 Å². The van der Waals surface area contributed by atoms with Crippen LogP contribution in [0.1, 0.15) is 0 Å². The second-order valence-corrected chi connectivity index (χ2v) is 1.22. The standard InChI is InChI=1S/C4H2O4/c5-2-1-3(6)8-4(2)7/h1,5H/p-1. The second-order valence-electron chi connectivity index (χ2n) is 1.22. The van der Waals surface area contributed by atoms with E-state index in [0.717, 1.165) is 0 Å².